The molecule has 2 fully saturated rings. The largest absolute Gasteiger partial charge is 0.453 e. The van der Waals surface area contributed by atoms with Crippen molar-refractivity contribution in [1.82, 2.24) is 15.1 Å². The molecule has 1 aliphatic carbocycles. The van der Waals surface area contributed by atoms with Crippen LogP contribution >= 0.6 is 0 Å². The minimum atomic E-state index is -0.102. The summed E-state index contributed by atoms with van der Waals surface area (Å²) < 4.78 is 10.5. The maximum absolute atomic E-state index is 12.4. The van der Waals surface area contributed by atoms with Crippen molar-refractivity contribution < 1.29 is 18.7 Å². The molecule has 7 nitrogen and oxygen atoms in total. The van der Waals surface area contributed by atoms with Gasteiger partial charge in [0.15, 0.2) is 5.76 Å². The zero-order valence-electron chi connectivity index (χ0n) is 13.4. The van der Waals surface area contributed by atoms with Gasteiger partial charge in [-0.1, -0.05) is 0 Å². The topological polar surface area (TPSA) is 75.0 Å². The van der Waals surface area contributed by atoms with Gasteiger partial charge < -0.3 is 19.4 Å². The third-order valence-electron chi connectivity index (χ3n) is 4.13. The van der Waals surface area contributed by atoms with E-state index >= 15 is 0 Å². The van der Waals surface area contributed by atoms with Gasteiger partial charge in [0.2, 0.25) is 5.91 Å². The molecule has 1 saturated carbocycles. The first-order valence-electron chi connectivity index (χ1n) is 8.04. The Morgan fingerprint density at radius 2 is 2.00 bits per heavy atom. The SMILES string of the molecule is COCc1ccc(C(=O)N2CCN(CC(=O)NC3CC3)CC2)o1. The van der Waals surface area contributed by atoms with Gasteiger partial charge in [-0.15, -0.1) is 0 Å². The molecule has 2 heterocycles. The van der Waals surface area contributed by atoms with E-state index in [9.17, 15) is 9.59 Å². The van der Waals surface area contributed by atoms with Crippen LogP contribution in [0.5, 0.6) is 0 Å². The van der Waals surface area contributed by atoms with Crippen molar-refractivity contribution in [2.45, 2.75) is 25.5 Å². The van der Waals surface area contributed by atoms with Gasteiger partial charge in [-0.05, 0) is 25.0 Å². The molecule has 0 aromatic carbocycles. The van der Waals surface area contributed by atoms with Gasteiger partial charge in [0, 0.05) is 39.3 Å². The lowest BCUT2D eigenvalue weighted by atomic mass is 10.3. The number of ether oxygens (including phenoxy) is 1. The Kier molecular flexibility index (Phi) is 4.97. The number of carbonyl (C=O) groups is 2. The van der Waals surface area contributed by atoms with Crippen LogP contribution in [0.1, 0.15) is 29.2 Å². The fourth-order valence-electron chi connectivity index (χ4n) is 2.68. The lowest BCUT2D eigenvalue weighted by Gasteiger charge is -2.33. The number of rotatable bonds is 6. The van der Waals surface area contributed by atoms with E-state index in [4.69, 9.17) is 9.15 Å². The van der Waals surface area contributed by atoms with Crippen LogP contribution in [-0.4, -0.2) is 67.5 Å². The van der Waals surface area contributed by atoms with E-state index < -0.39 is 0 Å². The molecule has 0 unspecified atom stereocenters. The number of furan rings is 1. The van der Waals surface area contributed by atoms with Crippen LogP contribution in [0.15, 0.2) is 16.5 Å². The molecule has 3 rings (SSSR count). The molecule has 2 aliphatic rings. The fourth-order valence-corrected chi connectivity index (χ4v) is 2.68. The van der Waals surface area contributed by atoms with Crippen molar-refractivity contribution in [3.63, 3.8) is 0 Å². The molecule has 0 spiro atoms. The molecule has 0 atom stereocenters. The van der Waals surface area contributed by atoms with Crippen molar-refractivity contribution in [2.24, 2.45) is 0 Å². The number of nitrogens with one attached hydrogen (secondary N) is 1. The standard InChI is InChI=1S/C16H23N3O4/c1-22-11-13-4-5-14(23-13)16(21)19-8-6-18(7-9-19)10-15(20)17-12-2-3-12/h4-5,12H,2-3,6-11H2,1H3,(H,17,20). The summed E-state index contributed by atoms with van der Waals surface area (Å²) in [5.41, 5.74) is 0. The minimum Gasteiger partial charge on any atom is -0.453 e. The number of carbonyl (C=O) groups excluding carboxylic acids is 2. The summed E-state index contributed by atoms with van der Waals surface area (Å²) in [6.07, 6.45) is 2.20. The summed E-state index contributed by atoms with van der Waals surface area (Å²) in [6.45, 7) is 3.39. The van der Waals surface area contributed by atoms with Crippen LogP contribution in [0.25, 0.3) is 0 Å². The van der Waals surface area contributed by atoms with Gasteiger partial charge >= 0.3 is 0 Å². The molecule has 1 aromatic rings. The average Bonchev–Trinajstić information content (AvgIpc) is 3.23. The molecule has 1 aromatic heterocycles. The third-order valence-corrected chi connectivity index (χ3v) is 4.13. The first-order valence-corrected chi connectivity index (χ1v) is 8.04. The Hall–Kier alpha value is -1.86. The van der Waals surface area contributed by atoms with Crippen molar-refractivity contribution in [1.29, 1.82) is 0 Å². The molecule has 2 amide bonds. The second-order valence-electron chi connectivity index (χ2n) is 6.11. The van der Waals surface area contributed by atoms with E-state index in [2.05, 4.69) is 10.2 Å². The molecule has 1 aliphatic heterocycles. The van der Waals surface area contributed by atoms with Gasteiger partial charge in [-0.25, -0.2) is 0 Å². The first-order chi connectivity index (χ1) is 11.2. The van der Waals surface area contributed by atoms with Gasteiger partial charge in [0.05, 0.1) is 6.54 Å². The number of methoxy groups -OCH3 is 1. The summed E-state index contributed by atoms with van der Waals surface area (Å²) in [5.74, 6) is 0.972. The number of hydrogen-bond acceptors (Lipinski definition) is 5. The first kappa shape index (κ1) is 16.0. The maximum Gasteiger partial charge on any atom is 0.289 e. The highest BCUT2D eigenvalue weighted by Crippen LogP contribution is 2.18. The van der Waals surface area contributed by atoms with E-state index in [-0.39, 0.29) is 11.8 Å². The van der Waals surface area contributed by atoms with Crippen LogP contribution in [-0.2, 0) is 16.1 Å². The molecule has 126 valence electrons. The minimum absolute atomic E-state index is 0.0857. The van der Waals surface area contributed by atoms with Gasteiger partial charge in [-0.3, -0.25) is 14.5 Å². The van der Waals surface area contributed by atoms with Crippen molar-refractivity contribution in [2.75, 3.05) is 39.8 Å². The number of nitrogens with zero attached hydrogens (tertiary/aromatic N) is 2. The summed E-state index contributed by atoms with van der Waals surface area (Å²) in [4.78, 5) is 28.0. The highest BCUT2D eigenvalue weighted by atomic mass is 16.5. The van der Waals surface area contributed by atoms with Gasteiger partial charge in [-0.2, -0.15) is 0 Å². The van der Waals surface area contributed by atoms with Crippen LogP contribution in [0, 0.1) is 0 Å². The molecular weight excluding hydrogens is 298 g/mol. The Bertz CT molecular complexity index is 559. The zero-order chi connectivity index (χ0) is 16.2. The van der Waals surface area contributed by atoms with E-state index in [0.29, 0.717) is 56.9 Å². The lowest BCUT2D eigenvalue weighted by Crippen LogP contribution is -2.51. The molecule has 0 bridgehead atoms. The molecular formula is C16H23N3O4. The van der Waals surface area contributed by atoms with Crippen molar-refractivity contribution in [3.8, 4) is 0 Å². The second kappa shape index (κ2) is 7.14. The average molecular weight is 321 g/mol. The van der Waals surface area contributed by atoms with E-state index in [0.717, 1.165) is 12.8 Å². The normalized spacial score (nSPS) is 18.9. The highest BCUT2D eigenvalue weighted by molar-refractivity contribution is 5.91. The van der Waals surface area contributed by atoms with Crippen molar-refractivity contribution >= 4 is 11.8 Å². The maximum atomic E-state index is 12.4. The van der Waals surface area contributed by atoms with Crippen LogP contribution < -0.4 is 5.32 Å². The Balaban J connectivity index is 1.45. The van der Waals surface area contributed by atoms with E-state index in [1.54, 1.807) is 24.1 Å². The Morgan fingerprint density at radius 3 is 2.65 bits per heavy atom. The quantitative estimate of drug-likeness (QED) is 0.824. The summed E-state index contributed by atoms with van der Waals surface area (Å²) in [5, 5.41) is 2.99. The van der Waals surface area contributed by atoms with Crippen LogP contribution in [0.2, 0.25) is 0 Å². The Labute approximate surface area is 135 Å². The zero-order valence-corrected chi connectivity index (χ0v) is 13.4. The van der Waals surface area contributed by atoms with Gasteiger partial charge in [0.1, 0.15) is 12.4 Å². The predicted octanol–water partition coefficient (Wildman–Crippen LogP) is 0.462. The molecule has 7 heteroatoms. The lowest BCUT2D eigenvalue weighted by molar-refractivity contribution is -0.122. The summed E-state index contributed by atoms with van der Waals surface area (Å²) in [6, 6.07) is 3.84. The number of piperazine rings is 1. The predicted molar refractivity (Wildman–Crippen MR) is 82.9 cm³/mol. The summed E-state index contributed by atoms with van der Waals surface area (Å²) in [7, 11) is 1.59. The molecule has 23 heavy (non-hydrogen) atoms. The van der Waals surface area contributed by atoms with Gasteiger partial charge in [0.25, 0.3) is 5.91 Å². The van der Waals surface area contributed by atoms with E-state index in [1.807, 2.05) is 0 Å². The third kappa shape index (κ3) is 4.33. The van der Waals surface area contributed by atoms with E-state index in [1.165, 1.54) is 0 Å². The molecule has 1 saturated heterocycles. The Morgan fingerprint density at radius 1 is 1.26 bits per heavy atom. The highest BCUT2D eigenvalue weighted by Gasteiger charge is 2.27. The monoisotopic (exact) mass is 321 g/mol. The molecule has 1 N–H and O–H groups in total. The van der Waals surface area contributed by atoms with Crippen LogP contribution in [0.3, 0.4) is 0 Å². The van der Waals surface area contributed by atoms with Crippen LogP contribution in [0.4, 0.5) is 0 Å². The van der Waals surface area contributed by atoms with Crippen molar-refractivity contribution in [3.05, 3.63) is 23.7 Å². The molecule has 0 radical (unpaired) electrons. The number of hydrogen-bond donors (Lipinski definition) is 1. The second-order valence-corrected chi connectivity index (χ2v) is 6.11. The number of amides is 2. The fraction of sp³-hybridized carbons (Fsp3) is 0.625. The summed E-state index contributed by atoms with van der Waals surface area (Å²) >= 11 is 0. The smallest absolute Gasteiger partial charge is 0.289 e.